The molecule has 1 atom stereocenters. The minimum Gasteiger partial charge on any atom is -0.352 e. The maximum atomic E-state index is 13.3. The molecule has 0 aliphatic carbocycles. The molecule has 0 spiro atoms. The zero-order valence-electron chi connectivity index (χ0n) is 18.3. The zero-order chi connectivity index (χ0) is 22.4. The van der Waals surface area contributed by atoms with E-state index < -0.39 is 6.04 Å². The Bertz CT molecular complexity index is 1040. The average molecular weight is 437 g/mol. The van der Waals surface area contributed by atoms with Crippen molar-refractivity contribution in [2.45, 2.75) is 52.2 Å². The number of hydrogen-bond donors (Lipinski definition) is 1. The molecule has 0 bridgehead atoms. The van der Waals surface area contributed by atoms with Gasteiger partial charge in [0.25, 0.3) is 0 Å². The predicted molar refractivity (Wildman–Crippen MR) is 127 cm³/mol. The lowest BCUT2D eigenvalue weighted by Gasteiger charge is -2.29. The second-order valence-electron chi connectivity index (χ2n) is 8.13. The van der Waals surface area contributed by atoms with Gasteiger partial charge in [0.15, 0.2) is 0 Å². The molecule has 0 aromatic heterocycles. The third kappa shape index (κ3) is 6.08. The highest BCUT2D eigenvalue weighted by molar-refractivity contribution is 6.30. The number of carbonyl (C=O) groups excluding carboxylic acids is 2. The highest BCUT2D eigenvalue weighted by Gasteiger charge is 2.26. The predicted octanol–water partition coefficient (Wildman–Crippen LogP) is 5.37. The molecule has 4 nitrogen and oxygen atoms in total. The Morgan fingerprint density at radius 2 is 1.61 bits per heavy atom. The molecule has 0 saturated heterocycles. The number of halogens is 1. The molecule has 0 fully saturated rings. The minimum atomic E-state index is -0.571. The molecule has 1 N–H and O–H groups in total. The van der Waals surface area contributed by atoms with Gasteiger partial charge >= 0.3 is 0 Å². The van der Waals surface area contributed by atoms with Crippen LogP contribution in [0.2, 0.25) is 5.02 Å². The van der Waals surface area contributed by atoms with Crippen LogP contribution in [-0.2, 0) is 22.6 Å². The fraction of sp³-hybridized carbons (Fsp3) is 0.308. The van der Waals surface area contributed by atoms with E-state index in [-0.39, 0.29) is 17.9 Å². The van der Waals surface area contributed by atoms with E-state index in [0.29, 0.717) is 24.4 Å². The number of hydrogen-bond acceptors (Lipinski definition) is 2. The van der Waals surface area contributed by atoms with Crippen LogP contribution in [0, 0.1) is 0 Å². The van der Waals surface area contributed by atoms with Gasteiger partial charge in [-0.2, -0.15) is 0 Å². The summed E-state index contributed by atoms with van der Waals surface area (Å²) in [5.74, 6) is -0.197. The van der Waals surface area contributed by atoms with Crippen LogP contribution in [0.1, 0.15) is 38.3 Å². The number of carbonyl (C=O) groups is 2. The highest BCUT2D eigenvalue weighted by atomic mass is 35.5. The van der Waals surface area contributed by atoms with Crippen LogP contribution < -0.4 is 5.32 Å². The van der Waals surface area contributed by atoms with Crippen LogP contribution in [0.3, 0.4) is 0 Å². The van der Waals surface area contributed by atoms with Crippen molar-refractivity contribution in [3.05, 3.63) is 82.9 Å². The largest absolute Gasteiger partial charge is 0.352 e. The Kier molecular flexibility index (Phi) is 7.69. The van der Waals surface area contributed by atoms with E-state index in [4.69, 9.17) is 11.6 Å². The Hall–Kier alpha value is -2.85. The first kappa shape index (κ1) is 22.8. The molecule has 0 heterocycles. The molecule has 3 aromatic rings. The Labute approximate surface area is 189 Å². The number of rotatable bonds is 8. The molecule has 0 saturated carbocycles. The van der Waals surface area contributed by atoms with Gasteiger partial charge in [-0.25, -0.2) is 0 Å². The maximum Gasteiger partial charge on any atom is 0.242 e. The van der Waals surface area contributed by atoms with Crippen LogP contribution >= 0.6 is 11.6 Å². The summed E-state index contributed by atoms with van der Waals surface area (Å²) in [6.07, 6.45) is 0.955. The SMILES string of the molecule is CC(C)NC(=O)[C@@H](C)N(Cc1ccc(Cl)cc1)C(=O)CCc1cccc2ccccc12. The van der Waals surface area contributed by atoms with Crippen molar-refractivity contribution in [2.24, 2.45) is 0 Å². The first-order chi connectivity index (χ1) is 14.8. The summed E-state index contributed by atoms with van der Waals surface area (Å²) in [6, 6.07) is 21.2. The monoisotopic (exact) mass is 436 g/mol. The molecule has 0 radical (unpaired) electrons. The van der Waals surface area contributed by atoms with E-state index >= 15 is 0 Å². The van der Waals surface area contributed by atoms with Gasteiger partial charge in [0.1, 0.15) is 6.04 Å². The Morgan fingerprint density at radius 3 is 2.32 bits per heavy atom. The fourth-order valence-electron chi connectivity index (χ4n) is 3.67. The summed E-state index contributed by atoms with van der Waals surface area (Å²) in [5, 5.41) is 5.88. The van der Waals surface area contributed by atoms with Gasteiger partial charge in [-0.1, -0.05) is 66.2 Å². The summed E-state index contributed by atoms with van der Waals surface area (Å²) in [6.45, 7) is 5.97. The molecule has 0 aliphatic rings. The second kappa shape index (κ2) is 10.5. The number of fused-ring (bicyclic) bond motifs is 1. The average Bonchev–Trinajstić information content (AvgIpc) is 2.76. The number of benzene rings is 3. The van der Waals surface area contributed by atoms with Crippen LogP contribution in [0.5, 0.6) is 0 Å². The molecule has 0 aliphatic heterocycles. The Morgan fingerprint density at radius 1 is 0.935 bits per heavy atom. The molecule has 5 heteroatoms. The summed E-state index contributed by atoms with van der Waals surface area (Å²) in [7, 11) is 0. The molecule has 2 amide bonds. The third-order valence-electron chi connectivity index (χ3n) is 5.35. The molecular formula is C26H29ClN2O2. The van der Waals surface area contributed by atoms with Gasteiger partial charge in [-0.05, 0) is 61.2 Å². The van der Waals surface area contributed by atoms with Crippen molar-refractivity contribution >= 4 is 34.2 Å². The number of amides is 2. The fourth-order valence-corrected chi connectivity index (χ4v) is 3.80. The van der Waals surface area contributed by atoms with E-state index in [1.54, 1.807) is 24.0 Å². The minimum absolute atomic E-state index is 0.0121. The number of nitrogens with one attached hydrogen (secondary N) is 1. The first-order valence-corrected chi connectivity index (χ1v) is 11.0. The van der Waals surface area contributed by atoms with Crippen molar-refractivity contribution in [3.63, 3.8) is 0 Å². The summed E-state index contributed by atoms with van der Waals surface area (Å²) < 4.78 is 0. The van der Waals surface area contributed by atoms with Crippen molar-refractivity contribution in [3.8, 4) is 0 Å². The van der Waals surface area contributed by atoms with E-state index in [2.05, 4.69) is 29.6 Å². The van der Waals surface area contributed by atoms with E-state index in [9.17, 15) is 9.59 Å². The molecule has 162 valence electrons. The Balaban J connectivity index is 1.78. The van der Waals surface area contributed by atoms with Crippen LogP contribution in [0.4, 0.5) is 0 Å². The van der Waals surface area contributed by atoms with Crippen molar-refractivity contribution in [1.29, 1.82) is 0 Å². The van der Waals surface area contributed by atoms with Gasteiger partial charge < -0.3 is 10.2 Å². The standard InChI is InChI=1S/C26H29ClN2O2/c1-18(2)28-26(31)19(3)29(17-20-11-14-23(27)15-12-20)25(30)16-13-22-9-6-8-21-7-4-5-10-24(21)22/h4-12,14-15,18-19H,13,16-17H2,1-3H3,(H,28,31)/t19-/m1/s1. The smallest absolute Gasteiger partial charge is 0.242 e. The highest BCUT2D eigenvalue weighted by Crippen LogP contribution is 2.21. The molecule has 3 aromatic carbocycles. The summed E-state index contributed by atoms with van der Waals surface area (Å²) in [5.41, 5.74) is 2.07. The number of nitrogens with zero attached hydrogens (tertiary/aromatic N) is 1. The van der Waals surface area contributed by atoms with Crippen LogP contribution in [0.15, 0.2) is 66.7 Å². The zero-order valence-corrected chi connectivity index (χ0v) is 19.0. The van der Waals surface area contributed by atoms with E-state index in [0.717, 1.165) is 21.9 Å². The van der Waals surface area contributed by atoms with Gasteiger partial charge in [-0.3, -0.25) is 9.59 Å². The topological polar surface area (TPSA) is 49.4 Å². The van der Waals surface area contributed by atoms with E-state index in [1.807, 2.05) is 44.2 Å². The van der Waals surface area contributed by atoms with Crippen molar-refractivity contribution < 1.29 is 9.59 Å². The van der Waals surface area contributed by atoms with Crippen LogP contribution in [0.25, 0.3) is 10.8 Å². The molecule has 0 unspecified atom stereocenters. The van der Waals surface area contributed by atoms with Gasteiger partial charge in [0.2, 0.25) is 11.8 Å². The molecule has 31 heavy (non-hydrogen) atoms. The van der Waals surface area contributed by atoms with Crippen molar-refractivity contribution in [1.82, 2.24) is 10.2 Å². The molecular weight excluding hydrogens is 408 g/mol. The lowest BCUT2D eigenvalue weighted by Crippen LogP contribution is -2.49. The summed E-state index contributed by atoms with van der Waals surface area (Å²) in [4.78, 5) is 27.6. The van der Waals surface area contributed by atoms with Crippen molar-refractivity contribution in [2.75, 3.05) is 0 Å². The van der Waals surface area contributed by atoms with Crippen LogP contribution in [-0.4, -0.2) is 28.8 Å². The number of aryl methyl sites for hydroxylation is 1. The first-order valence-electron chi connectivity index (χ1n) is 10.7. The molecule has 3 rings (SSSR count). The maximum absolute atomic E-state index is 13.3. The van der Waals surface area contributed by atoms with Gasteiger partial charge in [-0.15, -0.1) is 0 Å². The second-order valence-corrected chi connectivity index (χ2v) is 8.56. The lowest BCUT2D eigenvalue weighted by molar-refractivity contribution is -0.140. The van der Waals surface area contributed by atoms with Gasteiger partial charge in [0, 0.05) is 24.0 Å². The quantitative estimate of drug-likeness (QED) is 0.516. The lowest BCUT2D eigenvalue weighted by atomic mass is 10.0. The van der Waals surface area contributed by atoms with Gasteiger partial charge in [0.05, 0.1) is 0 Å². The summed E-state index contributed by atoms with van der Waals surface area (Å²) >= 11 is 6.00. The third-order valence-corrected chi connectivity index (χ3v) is 5.60. The van der Waals surface area contributed by atoms with E-state index in [1.165, 1.54) is 0 Å². The normalized spacial score (nSPS) is 12.0.